The van der Waals surface area contributed by atoms with Crippen LogP contribution in [0.5, 0.6) is 34.5 Å². The van der Waals surface area contributed by atoms with E-state index in [-0.39, 0.29) is 11.3 Å². The molecule has 0 amide bonds. The normalized spacial score (nSPS) is 32.7. The molecule has 14 N–H and O–H groups in total. The smallest absolute Gasteiger partial charge is 0.330 e. The van der Waals surface area contributed by atoms with E-state index in [4.69, 9.17) is 37.6 Å². The van der Waals surface area contributed by atoms with Gasteiger partial charge in [0.2, 0.25) is 17.5 Å². The molecule has 7 unspecified atom stereocenters. The van der Waals surface area contributed by atoms with Gasteiger partial charge in [0.05, 0.1) is 13.2 Å². The number of phenols is 5. The number of rotatable bonds is 13. The zero-order chi connectivity index (χ0) is 47.7. The van der Waals surface area contributed by atoms with Crippen LogP contribution in [0.25, 0.3) is 28.4 Å². The lowest BCUT2D eigenvalue weighted by Crippen LogP contribution is -2.67. The molecule has 0 spiro atoms. The molecule has 4 heterocycles. The summed E-state index contributed by atoms with van der Waals surface area (Å²) < 4.78 is 45.9. The van der Waals surface area contributed by atoms with Gasteiger partial charge in [0.1, 0.15) is 102 Å². The maximum absolute atomic E-state index is 14.2. The van der Waals surface area contributed by atoms with Crippen molar-refractivity contribution in [3.8, 4) is 45.8 Å². The molecule has 3 aromatic carbocycles. The fraction of sp³-hybridized carbons (Fsp3) is 0.429. The second-order valence-corrected chi connectivity index (χ2v) is 15.4. The van der Waals surface area contributed by atoms with Gasteiger partial charge in [-0.05, 0) is 42.0 Å². The number of hydrogen-bond acceptors (Lipinski definition) is 24. The van der Waals surface area contributed by atoms with E-state index in [0.717, 1.165) is 30.3 Å². The number of aliphatic hydroxyl groups excluding tert-OH is 9. The van der Waals surface area contributed by atoms with E-state index in [2.05, 4.69) is 0 Å². The molecule has 15 atom stereocenters. The van der Waals surface area contributed by atoms with Crippen molar-refractivity contribution in [1.29, 1.82) is 0 Å². The van der Waals surface area contributed by atoms with Crippen molar-refractivity contribution in [3.05, 3.63) is 76.5 Å². The van der Waals surface area contributed by atoms with E-state index < -0.39 is 169 Å². The molecule has 3 fully saturated rings. The summed E-state index contributed by atoms with van der Waals surface area (Å²) in [6.07, 6.45) is -27.5. The predicted octanol–water partition coefficient (Wildman–Crippen LogP) is -2.92. The number of carbonyl (C=O) groups excluding carboxylic acids is 1. The maximum atomic E-state index is 14.2. The number of esters is 1. The number of hydrogen-bond donors (Lipinski definition) is 14. The molecular formula is C42H46O24. The zero-order valence-corrected chi connectivity index (χ0v) is 34.0. The van der Waals surface area contributed by atoms with Gasteiger partial charge in [-0.3, -0.25) is 4.79 Å². The van der Waals surface area contributed by atoms with Gasteiger partial charge in [0.15, 0.2) is 35.9 Å². The fourth-order valence-electron chi connectivity index (χ4n) is 7.39. The lowest BCUT2D eigenvalue weighted by Gasteiger charge is -2.48. The van der Waals surface area contributed by atoms with Gasteiger partial charge in [0.25, 0.3) is 0 Å². The molecule has 0 radical (unpaired) electrons. The summed E-state index contributed by atoms with van der Waals surface area (Å²) in [5, 5.41) is 147. The van der Waals surface area contributed by atoms with Crippen molar-refractivity contribution < 1.29 is 114 Å². The highest BCUT2D eigenvalue weighted by Gasteiger charge is 2.55. The molecule has 1 aromatic heterocycles. The quantitative estimate of drug-likeness (QED) is 0.0363. The lowest BCUT2D eigenvalue weighted by atomic mass is 9.96. The van der Waals surface area contributed by atoms with E-state index in [9.17, 15) is 81.1 Å². The molecular weight excluding hydrogens is 888 g/mol. The number of phenolic OH excluding ortho intramolecular Hbond substituents is 5. The van der Waals surface area contributed by atoms with Gasteiger partial charge < -0.3 is 109 Å². The molecule has 0 aliphatic carbocycles. The molecule has 3 aliphatic rings. The minimum absolute atomic E-state index is 0.0134. The Balaban J connectivity index is 1.19. The second-order valence-electron chi connectivity index (χ2n) is 15.4. The number of ether oxygens (including phenoxy) is 7. The molecule has 3 aliphatic heterocycles. The molecule has 4 aromatic rings. The average molecular weight is 935 g/mol. The minimum atomic E-state index is -2.17. The van der Waals surface area contributed by atoms with E-state index >= 15 is 0 Å². The number of aliphatic hydroxyl groups is 9. The van der Waals surface area contributed by atoms with E-state index in [0.29, 0.717) is 5.56 Å². The standard InChI is InChI=1S/C42H46O24/c43-12-23-29(52)34(57)39(41(61-23)64-37-31(54)27-21(49)10-18(46)11-22(27)60-36(37)16-4-7-19(47)20(48)9-16)66-42-38(33(56)28(51)24(13-44)62-42)65-40-35(58)32(55)30(53)25(63-40)14-59-26(50)8-3-15-1-5-17(45)6-2-15/h1-11,23-25,28-30,32-35,38-49,51-53,55-58H,12-14H2/b8-3+/t23?,24?,25?,28-,29+,30+,32?,33?,34-,35+,38?,39?,40-,41-,42-/m0/s1. The van der Waals surface area contributed by atoms with Crippen LogP contribution in [-0.4, -0.2) is 189 Å². The van der Waals surface area contributed by atoms with Crippen molar-refractivity contribution in [2.45, 2.75) is 92.1 Å². The number of benzene rings is 3. The summed E-state index contributed by atoms with van der Waals surface area (Å²) >= 11 is 0. The van der Waals surface area contributed by atoms with E-state index in [1.54, 1.807) is 0 Å². The monoisotopic (exact) mass is 934 g/mol. The van der Waals surface area contributed by atoms with Gasteiger partial charge in [0, 0.05) is 23.8 Å². The Morgan fingerprint density at radius 3 is 1.83 bits per heavy atom. The Kier molecular flexibility index (Phi) is 14.7. The molecule has 0 saturated carbocycles. The second kappa shape index (κ2) is 20.0. The summed E-state index contributed by atoms with van der Waals surface area (Å²) in [7, 11) is 0. The fourth-order valence-corrected chi connectivity index (χ4v) is 7.39. The van der Waals surface area contributed by atoms with Crippen molar-refractivity contribution in [2.75, 3.05) is 19.8 Å². The predicted molar refractivity (Wildman–Crippen MR) is 215 cm³/mol. The first-order valence-electron chi connectivity index (χ1n) is 20.0. The summed E-state index contributed by atoms with van der Waals surface area (Å²) in [6.45, 7) is -2.70. The van der Waals surface area contributed by atoms with Crippen LogP contribution in [0.2, 0.25) is 0 Å². The van der Waals surface area contributed by atoms with Gasteiger partial charge >= 0.3 is 5.97 Å². The Morgan fingerprint density at radius 2 is 1.20 bits per heavy atom. The maximum Gasteiger partial charge on any atom is 0.330 e. The van der Waals surface area contributed by atoms with E-state index in [1.807, 2.05) is 0 Å². The van der Waals surface area contributed by atoms with Crippen molar-refractivity contribution in [3.63, 3.8) is 0 Å². The summed E-state index contributed by atoms with van der Waals surface area (Å²) in [5.41, 5.74) is -1.21. The van der Waals surface area contributed by atoms with Gasteiger partial charge in [-0.15, -0.1) is 0 Å². The third-order valence-electron chi connectivity index (χ3n) is 11.0. The molecule has 358 valence electrons. The van der Waals surface area contributed by atoms with Crippen LogP contribution in [-0.2, 0) is 33.2 Å². The van der Waals surface area contributed by atoms with Crippen LogP contribution in [0, 0.1) is 0 Å². The SMILES string of the molecule is O=C(/C=C/c1ccc(O)cc1)OCC1O[C@@H](OC2C(O)[C@@H](O)C(CO)O[C@H]2OC2[C@H](Oc3c(-c4ccc(O)c(O)c4)oc4cc(O)cc(O)c4c3=O)OC(CO)[C@@H](O)[C@@H]2O)[C@H](O)C(O)[C@@H]1O. The molecule has 24 nitrogen and oxygen atoms in total. The Hall–Kier alpha value is -5.68. The summed E-state index contributed by atoms with van der Waals surface area (Å²) in [4.78, 5) is 26.7. The van der Waals surface area contributed by atoms with Gasteiger partial charge in [-0.25, -0.2) is 4.79 Å². The third kappa shape index (κ3) is 9.87. The van der Waals surface area contributed by atoms with E-state index in [1.165, 1.54) is 36.4 Å². The Bertz CT molecular complexity index is 2420. The minimum Gasteiger partial charge on any atom is -0.508 e. The topological polar surface area (TPSA) is 395 Å². The van der Waals surface area contributed by atoms with Crippen LogP contribution in [0.4, 0.5) is 0 Å². The molecule has 7 rings (SSSR count). The number of carbonyl (C=O) groups is 1. The van der Waals surface area contributed by atoms with Gasteiger partial charge in [-0.2, -0.15) is 0 Å². The largest absolute Gasteiger partial charge is 0.508 e. The first kappa shape index (κ1) is 48.3. The first-order valence-corrected chi connectivity index (χ1v) is 20.0. The van der Waals surface area contributed by atoms with Crippen LogP contribution < -0.4 is 10.2 Å². The Labute approximate surface area is 370 Å². The number of fused-ring (bicyclic) bond motifs is 1. The molecule has 66 heavy (non-hydrogen) atoms. The molecule has 0 bridgehead atoms. The van der Waals surface area contributed by atoms with Crippen molar-refractivity contribution in [1.82, 2.24) is 0 Å². The highest BCUT2D eigenvalue weighted by molar-refractivity contribution is 5.88. The van der Waals surface area contributed by atoms with Crippen LogP contribution in [0.3, 0.4) is 0 Å². The number of aromatic hydroxyl groups is 5. The average Bonchev–Trinajstić information content (AvgIpc) is 3.29. The van der Waals surface area contributed by atoms with Crippen molar-refractivity contribution >= 4 is 23.0 Å². The highest BCUT2D eigenvalue weighted by Crippen LogP contribution is 2.40. The Morgan fingerprint density at radius 1 is 0.606 bits per heavy atom. The first-order chi connectivity index (χ1) is 31.4. The van der Waals surface area contributed by atoms with Crippen LogP contribution in [0.15, 0.2) is 69.9 Å². The highest BCUT2D eigenvalue weighted by atomic mass is 16.8. The van der Waals surface area contributed by atoms with Crippen LogP contribution in [0.1, 0.15) is 5.56 Å². The van der Waals surface area contributed by atoms with Gasteiger partial charge in [-0.1, -0.05) is 12.1 Å². The third-order valence-corrected chi connectivity index (χ3v) is 11.0. The molecule has 3 saturated heterocycles. The zero-order valence-electron chi connectivity index (χ0n) is 34.0. The van der Waals surface area contributed by atoms with Crippen molar-refractivity contribution in [2.24, 2.45) is 0 Å². The van der Waals surface area contributed by atoms with Crippen LogP contribution >= 0.6 is 0 Å². The lowest BCUT2D eigenvalue weighted by molar-refractivity contribution is -0.389. The molecule has 24 heteroatoms. The summed E-state index contributed by atoms with van der Waals surface area (Å²) in [5.74, 6) is -4.96. The summed E-state index contributed by atoms with van der Waals surface area (Å²) in [6, 6.07) is 10.7.